The summed E-state index contributed by atoms with van der Waals surface area (Å²) in [5.74, 6) is 0. The molecule has 1 aliphatic rings. The zero-order valence-corrected chi connectivity index (χ0v) is 35.9. The van der Waals surface area contributed by atoms with Gasteiger partial charge in [-0.2, -0.15) is 0 Å². The molecule has 0 bridgehead atoms. The molecule has 64 heavy (non-hydrogen) atoms. The van der Waals surface area contributed by atoms with Gasteiger partial charge in [-0.15, -0.1) is 11.3 Å². The van der Waals surface area contributed by atoms with Crippen molar-refractivity contribution in [3.05, 3.63) is 229 Å². The summed E-state index contributed by atoms with van der Waals surface area (Å²) >= 11 is 1.94. The molecule has 0 radical (unpaired) electrons. The Labute approximate surface area is 376 Å². The first-order valence-electron chi connectivity index (χ1n) is 22.3. The van der Waals surface area contributed by atoms with Crippen LogP contribution in [0.3, 0.4) is 0 Å². The second-order valence-corrected chi connectivity index (χ2v) is 18.1. The Morgan fingerprint density at radius 3 is 1.64 bits per heavy atom. The van der Waals surface area contributed by atoms with E-state index in [-0.39, 0.29) is 0 Å². The van der Waals surface area contributed by atoms with Crippen LogP contribution in [0, 0.1) is 0 Å². The topological polar surface area (TPSA) is 4.93 Å². The molecular formula is C62H41NS. The van der Waals surface area contributed by atoms with Gasteiger partial charge in [-0.25, -0.2) is 0 Å². The smallest absolute Gasteiger partial charge is 0.0541 e. The first-order valence-corrected chi connectivity index (χ1v) is 23.1. The predicted molar refractivity (Wildman–Crippen MR) is 276 cm³/mol. The highest BCUT2D eigenvalue weighted by molar-refractivity contribution is 7.20. The van der Waals surface area contributed by atoms with E-state index >= 15 is 0 Å². The maximum Gasteiger partial charge on any atom is 0.0541 e. The molecule has 12 aromatic rings. The molecule has 0 spiro atoms. The fourth-order valence-electron chi connectivity index (χ4n) is 10.5. The van der Waals surface area contributed by atoms with Gasteiger partial charge in [-0.05, 0) is 150 Å². The van der Waals surface area contributed by atoms with Crippen LogP contribution < -0.4 is 0 Å². The fourth-order valence-corrected chi connectivity index (χ4v) is 11.9. The standard InChI is InChI=1S/C62H41NS/c1-3-16-40(17-4-1)42-20-13-22-45(36-42)60-51-26-7-8-27-52(51)61(46-23-14-21-43(37-46)41-18-5-2-6-19-41)56-39-47(33-34-53(56)60)63-57-30-11-9-24-49(57)55-38-44(32-35-58(55)63)48-28-15-29-54-50-25-10-12-31-59(50)64-62(48)54/h1-9,11-24,26-39H,10,25H2. The number of aryl methyl sites for hydroxylation is 1. The molecule has 0 amide bonds. The van der Waals surface area contributed by atoms with E-state index in [1.54, 1.807) is 0 Å². The highest BCUT2D eigenvalue weighted by atomic mass is 32.1. The van der Waals surface area contributed by atoms with Crippen LogP contribution in [0.5, 0.6) is 0 Å². The number of fused-ring (bicyclic) bond motifs is 8. The Balaban J connectivity index is 1.07. The summed E-state index contributed by atoms with van der Waals surface area (Å²) in [6, 6.07) is 78.8. The molecule has 10 aromatic carbocycles. The van der Waals surface area contributed by atoms with E-state index in [0.717, 1.165) is 18.5 Å². The van der Waals surface area contributed by atoms with Crippen molar-refractivity contribution in [2.75, 3.05) is 0 Å². The van der Waals surface area contributed by atoms with Gasteiger partial charge in [0.15, 0.2) is 0 Å². The Kier molecular flexibility index (Phi) is 8.60. The minimum atomic E-state index is 1.11. The number of hydrogen-bond acceptors (Lipinski definition) is 1. The van der Waals surface area contributed by atoms with Crippen LogP contribution >= 0.6 is 11.3 Å². The molecule has 0 unspecified atom stereocenters. The molecule has 0 saturated heterocycles. The molecule has 0 N–H and O–H groups in total. The van der Waals surface area contributed by atoms with Gasteiger partial charge in [0.2, 0.25) is 0 Å². The number of rotatable bonds is 6. The zero-order valence-electron chi connectivity index (χ0n) is 35.1. The van der Waals surface area contributed by atoms with E-state index in [2.05, 4.69) is 229 Å². The maximum atomic E-state index is 2.48. The summed E-state index contributed by atoms with van der Waals surface area (Å²) in [6.45, 7) is 0. The van der Waals surface area contributed by atoms with Crippen molar-refractivity contribution in [2.24, 2.45) is 0 Å². The van der Waals surface area contributed by atoms with Crippen LogP contribution in [0.15, 0.2) is 218 Å². The Hall–Kier alpha value is -7.78. The third-order valence-electron chi connectivity index (χ3n) is 13.4. The van der Waals surface area contributed by atoms with Gasteiger partial charge < -0.3 is 4.57 Å². The van der Waals surface area contributed by atoms with Crippen molar-refractivity contribution >= 4 is 70.8 Å². The number of nitrogens with zero attached hydrogens (tertiary/aromatic N) is 1. The van der Waals surface area contributed by atoms with Gasteiger partial charge in [0, 0.05) is 26.0 Å². The van der Waals surface area contributed by atoms with Crippen LogP contribution in [0.25, 0.3) is 121 Å². The van der Waals surface area contributed by atoms with Crippen LogP contribution in [0.4, 0.5) is 0 Å². The Morgan fingerprint density at radius 2 is 0.922 bits per heavy atom. The molecule has 0 fully saturated rings. The summed E-state index contributed by atoms with van der Waals surface area (Å²) in [5, 5.41) is 8.87. The molecule has 0 atom stereocenters. The molecule has 1 nitrogen and oxygen atoms in total. The van der Waals surface area contributed by atoms with Crippen molar-refractivity contribution in [2.45, 2.75) is 12.8 Å². The van der Waals surface area contributed by atoms with E-state index in [1.165, 1.54) is 120 Å². The van der Waals surface area contributed by atoms with Gasteiger partial charge in [-0.3, -0.25) is 0 Å². The average molecular weight is 832 g/mol. The molecule has 0 aliphatic heterocycles. The Morgan fingerprint density at radius 1 is 0.359 bits per heavy atom. The monoisotopic (exact) mass is 831 g/mol. The van der Waals surface area contributed by atoms with E-state index in [1.807, 2.05) is 11.3 Å². The van der Waals surface area contributed by atoms with Crippen molar-refractivity contribution in [3.63, 3.8) is 0 Å². The summed E-state index contributed by atoms with van der Waals surface area (Å²) in [5.41, 5.74) is 17.4. The lowest BCUT2D eigenvalue weighted by Gasteiger charge is -2.20. The van der Waals surface area contributed by atoms with Crippen molar-refractivity contribution in [1.29, 1.82) is 0 Å². The Bertz CT molecular complexity index is 3830. The number of benzene rings is 10. The summed E-state index contributed by atoms with van der Waals surface area (Å²) in [4.78, 5) is 1.41. The van der Waals surface area contributed by atoms with Gasteiger partial charge in [0.25, 0.3) is 0 Å². The van der Waals surface area contributed by atoms with Crippen molar-refractivity contribution < 1.29 is 0 Å². The SMILES string of the molecule is C1=Cc2sc3c(-c4ccc5c(c4)c4ccccc4n5-c4ccc5c(-c6cccc(-c7ccccc7)c6)c6ccccc6c(-c6cccc(-c7ccccc7)c6)c5c4)cccc3c2CC1. The molecule has 2 heterocycles. The second-order valence-electron chi connectivity index (χ2n) is 17.1. The van der Waals surface area contributed by atoms with E-state index in [9.17, 15) is 0 Å². The zero-order chi connectivity index (χ0) is 42.1. The largest absolute Gasteiger partial charge is 0.309 e. The number of allylic oxidation sites excluding steroid dienone is 1. The minimum Gasteiger partial charge on any atom is -0.309 e. The van der Waals surface area contributed by atoms with Gasteiger partial charge in [0.1, 0.15) is 0 Å². The summed E-state index contributed by atoms with van der Waals surface area (Å²) in [7, 11) is 0. The second kappa shape index (κ2) is 14.9. The van der Waals surface area contributed by atoms with Crippen LogP contribution in [0.2, 0.25) is 0 Å². The molecule has 0 saturated carbocycles. The normalized spacial score (nSPS) is 12.5. The highest BCUT2D eigenvalue weighted by Gasteiger charge is 2.21. The van der Waals surface area contributed by atoms with Crippen molar-refractivity contribution in [1.82, 2.24) is 4.57 Å². The van der Waals surface area contributed by atoms with E-state index in [0.29, 0.717) is 0 Å². The third kappa shape index (κ3) is 5.91. The lowest BCUT2D eigenvalue weighted by molar-refractivity contribution is 1.01. The number of thiophene rings is 1. The van der Waals surface area contributed by atoms with Gasteiger partial charge in [-0.1, -0.05) is 176 Å². The molecular weight excluding hydrogens is 791 g/mol. The van der Waals surface area contributed by atoms with Gasteiger partial charge >= 0.3 is 0 Å². The first-order chi connectivity index (χ1) is 31.7. The fraction of sp³-hybridized carbons (Fsp3) is 0.0323. The number of hydrogen-bond donors (Lipinski definition) is 0. The molecule has 1 aliphatic carbocycles. The first kappa shape index (κ1) is 36.8. The molecule has 13 rings (SSSR count). The van der Waals surface area contributed by atoms with Crippen molar-refractivity contribution in [3.8, 4) is 61.3 Å². The summed E-state index contributed by atoms with van der Waals surface area (Å²) in [6.07, 6.45) is 6.88. The predicted octanol–water partition coefficient (Wildman–Crippen LogP) is 17.6. The van der Waals surface area contributed by atoms with Crippen LogP contribution in [0.1, 0.15) is 16.9 Å². The maximum absolute atomic E-state index is 2.48. The lowest BCUT2D eigenvalue weighted by Crippen LogP contribution is -1.96. The average Bonchev–Trinajstić information content (AvgIpc) is 3.92. The highest BCUT2D eigenvalue weighted by Crippen LogP contribution is 2.47. The van der Waals surface area contributed by atoms with Crippen LogP contribution in [-0.2, 0) is 6.42 Å². The van der Waals surface area contributed by atoms with Crippen LogP contribution in [-0.4, -0.2) is 4.57 Å². The quantitative estimate of drug-likeness (QED) is 0.147. The number of aromatic nitrogens is 1. The minimum absolute atomic E-state index is 1.11. The lowest BCUT2D eigenvalue weighted by atomic mass is 9.84. The van der Waals surface area contributed by atoms with E-state index in [4.69, 9.17) is 0 Å². The van der Waals surface area contributed by atoms with E-state index < -0.39 is 0 Å². The third-order valence-corrected chi connectivity index (χ3v) is 14.7. The number of para-hydroxylation sites is 1. The molecule has 300 valence electrons. The molecule has 2 heteroatoms. The summed E-state index contributed by atoms with van der Waals surface area (Å²) < 4.78 is 3.87. The molecule has 2 aromatic heterocycles. The van der Waals surface area contributed by atoms with Gasteiger partial charge in [0.05, 0.1) is 11.0 Å².